The zero-order chi connectivity index (χ0) is 10.9. The van der Waals surface area contributed by atoms with Crippen LogP contribution in [0.1, 0.15) is 25.0 Å². The molecule has 0 aliphatic carbocycles. The number of hydrogen-bond donors (Lipinski definition) is 0. The zero-order valence-electron chi connectivity index (χ0n) is 8.36. The second-order valence-electron chi connectivity index (χ2n) is 3.82. The smallest absolute Gasteiger partial charge is 0.0769 e. The predicted molar refractivity (Wildman–Crippen MR) is 62.5 cm³/mol. The van der Waals surface area contributed by atoms with E-state index in [0.29, 0.717) is 5.02 Å². The highest BCUT2D eigenvalue weighted by atomic mass is 79.9. The summed E-state index contributed by atoms with van der Waals surface area (Å²) in [5.74, 6) is 0. The summed E-state index contributed by atoms with van der Waals surface area (Å²) in [6, 6.07) is 6.07. The van der Waals surface area contributed by atoms with Gasteiger partial charge in [0.1, 0.15) is 0 Å². The molecule has 0 aliphatic heterocycles. The Bertz CT molecular complexity index is 404. The summed E-state index contributed by atoms with van der Waals surface area (Å²) < 4.78 is 0.836. The van der Waals surface area contributed by atoms with Crippen molar-refractivity contribution in [3.8, 4) is 6.07 Å². The first-order chi connectivity index (χ1) is 6.38. The third-order valence-corrected chi connectivity index (χ3v) is 3.42. The molecule has 0 unspecified atom stereocenters. The fraction of sp³-hybridized carbons (Fsp3) is 0.364. The zero-order valence-corrected chi connectivity index (χ0v) is 10.7. The monoisotopic (exact) mass is 271 g/mol. The first kappa shape index (κ1) is 11.6. The highest BCUT2D eigenvalue weighted by Crippen LogP contribution is 2.32. The fourth-order valence-electron chi connectivity index (χ4n) is 1.38. The van der Waals surface area contributed by atoms with Crippen molar-refractivity contribution in [2.45, 2.75) is 26.2 Å². The van der Waals surface area contributed by atoms with Crippen LogP contribution in [0.3, 0.4) is 0 Å². The molecule has 0 heterocycles. The maximum atomic E-state index is 9.03. The molecule has 3 heteroatoms. The molecule has 0 fully saturated rings. The molecule has 74 valence electrons. The molecule has 14 heavy (non-hydrogen) atoms. The lowest BCUT2D eigenvalue weighted by Crippen LogP contribution is -2.15. The van der Waals surface area contributed by atoms with Gasteiger partial charge in [0.05, 0.1) is 16.5 Å². The van der Waals surface area contributed by atoms with E-state index in [1.807, 2.05) is 32.9 Å². The van der Waals surface area contributed by atoms with E-state index in [1.165, 1.54) is 0 Å². The molecule has 0 radical (unpaired) electrons. The standard InChI is InChI=1S/C11H11BrClN/c1-7-4-10(13)9(12)5-8(7)11(2,3)6-14/h4-5H,1-3H3. The van der Waals surface area contributed by atoms with Crippen molar-refractivity contribution in [2.75, 3.05) is 0 Å². The van der Waals surface area contributed by atoms with Gasteiger partial charge in [0, 0.05) is 4.47 Å². The van der Waals surface area contributed by atoms with E-state index in [1.54, 1.807) is 0 Å². The summed E-state index contributed by atoms with van der Waals surface area (Å²) >= 11 is 9.31. The van der Waals surface area contributed by atoms with Crippen molar-refractivity contribution in [3.63, 3.8) is 0 Å². The Morgan fingerprint density at radius 2 is 2.00 bits per heavy atom. The van der Waals surface area contributed by atoms with Gasteiger partial charge in [0.2, 0.25) is 0 Å². The summed E-state index contributed by atoms with van der Waals surface area (Å²) in [7, 11) is 0. The predicted octanol–water partition coefficient (Wildman–Crippen LogP) is 4.21. The Balaban J connectivity index is 3.38. The second kappa shape index (κ2) is 3.92. The minimum absolute atomic E-state index is 0.475. The highest BCUT2D eigenvalue weighted by Gasteiger charge is 2.22. The Labute approximate surface area is 97.8 Å². The van der Waals surface area contributed by atoms with Crippen LogP contribution in [0.15, 0.2) is 16.6 Å². The van der Waals surface area contributed by atoms with E-state index in [-0.39, 0.29) is 0 Å². The van der Waals surface area contributed by atoms with Crippen LogP contribution in [-0.4, -0.2) is 0 Å². The quantitative estimate of drug-likeness (QED) is 0.751. The van der Waals surface area contributed by atoms with Gasteiger partial charge in [0.15, 0.2) is 0 Å². The molecule has 0 spiro atoms. The average Bonchev–Trinajstić information content (AvgIpc) is 2.11. The average molecular weight is 273 g/mol. The lowest BCUT2D eigenvalue weighted by Gasteiger charge is -2.19. The molecule has 0 aromatic heterocycles. The van der Waals surface area contributed by atoms with Crippen LogP contribution in [0.4, 0.5) is 0 Å². The Kier molecular flexibility index (Phi) is 3.24. The molecular weight excluding hydrogens is 261 g/mol. The lowest BCUT2D eigenvalue weighted by atomic mass is 9.84. The summed E-state index contributed by atoms with van der Waals surface area (Å²) in [6.07, 6.45) is 0. The normalized spacial score (nSPS) is 11.1. The minimum Gasteiger partial charge on any atom is -0.197 e. The molecule has 0 bridgehead atoms. The third kappa shape index (κ3) is 2.10. The molecule has 0 amide bonds. The van der Waals surface area contributed by atoms with E-state index in [2.05, 4.69) is 22.0 Å². The number of aryl methyl sites for hydroxylation is 1. The van der Waals surface area contributed by atoms with Crippen molar-refractivity contribution in [1.82, 2.24) is 0 Å². The molecule has 0 saturated heterocycles. The van der Waals surface area contributed by atoms with Crippen LogP contribution < -0.4 is 0 Å². The Hall–Kier alpha value is -0.520. The summed E-state index contributed by atoms with van der Waals surface area (Å²) in [6.45, 7) is 5.76. The number of benzene rings is 1. The van der Waals surface area contributed by atoms with Crippen LogP contribution >= 0.6 is 27.5 Å². The first-order valence-corrected chi connectivity index (χ1v) is 5.43. The van der Waals surface area contributed by atoms with E-state index < -0.39 is 5.41 Å². The van der Waals surface area contributed by atoms with Gasteiger partial charge in [0.25, 0.3) is 0 Å². The van der Waals surface area contributed by atoms with E-state index in [0.717, 1.165) is 15.6 Å². The number of rotatable bonds is 1. The second-order valence-corrected chi connectivity index (χ2v) is 5.08. The molecule has 0 aliphatic rings. The molecular formula is C11H11BrClN. The van der Waals surface area contributed by atoms with Crippen LogP contribution in [0.25, 0.3) is 0 Å². The van der Waals surface area contributed by atoms with Gasteiger partial charge in [-0.1, -0.05) is 11.6 Å². The topological polar surface area (TPSA) is 23.8 Å². The molecule has 1 aromatic carbocycles. The van der Waals surface area contributed by atoms with Crippen LogP contribution in [0.2, 0.25) is 5.02 Å². The summed E-state index contributed by atoms with van der Waals surface area (Å²) in [5.41, 5.74) is 1.58. The SMILES string of the molecule is Cc1cc(Cl)c(Br)cc1C(C)(C)C#N. The van der Waals surface area contributed by atoms with E-state index >= 15 is 0 Å². The molecule has 0 saturated carbocycles. The largest absolute Gasteiger partial charge is 0.197 e. The molecule has 0 atom stereocenters. The van der Waals surface area contributed by atoms with Crippen molar-refractivity contribution < 1.29 is 0 Å². The van der Waals surface area contributed by atoms with Crippen molar-refractivity contribution in [3.05, 3.63) is 32.8 Å². The number of halogens is 2. The first-order valence-electron chi connectivity index (χ1n) is 4.26. The van der Waals surface area contributed by atoms with E-state index in [9.17, 15) is 0 Å². The Morgan fingerprint density at radius 3 is 2.50 bits per heavy atom. The van der Waals surface area contributed by atoms with Gasteiger partial charge in [-0.25, -0.2) is 0 Å². The lowest BCUT2D eigenvalue weighted by molar-refractivity contribution is 0.681. The van der Waals surface area contributed by atoms with Gasteiger partial charge < -0.3 is 0 Å². The number of nitriles is 1. The van der Waals surface area contributed by atoms with Gasteiger partial charge >= 0.3 is 0 Å². The van der Waals surface area contributed by atoms with Gasteiger partial charge in [-0.15, -0.1) is 0 Å². The maximum absolute atomic E-state index is 9.03. The van der Waals surface area contributed by atoms with Crippen molar-refractivity contribution in [2.24, 2.45) is 0 Å². The van der Waals surface area contributed by atoms with Crippen molar-refractivity contribution in [1.29, 1.82) is 5.26 Å². The van der Waals surface area contributed by atoms with Crippen LogP contribution in [-0.2, 0) is 5.41 Å². The highest BCUT2D eigenvalue weighted by molar-refractivity contribution is 9.10. The number of nitrogens with zero attached hydrogens (tertiary/aromatic N) is 1. The molecule has 1 aromatic rings. The maximum Gasteiger partial charge on any atom is 0.0769 e. The molecule has 1 nitrogen and oxygen atoms in total. The molecule has 1 rings (SSSR count). The van der Waals surface area contributed by atoms with Crippen LogP contribution in [0.5, 0.6) is 0 Å². The van der Waals surface area contributed by atoms with E-state index in [4.69, 9.17) is 16.9 Å². The fourth-order valence-corrected chi connectivity index (χ4v) is 1.94. The summed E-state index contributed by atoms with van der Waals surface area (Å²) in [4.78, 5) is 0. The summed E-state index contributed by atoms with van der Waals surface area (Å²) in [5, 5.41) is 9.71. The minimum atomic E-state index is -0.475. The molecule has 0 N–H and O–H groups in total. The third-order valence-electron chi connectivity index (χ3n) is 2.22. The van der Waals surface area contributed by atoms with Gasteiger partial charge in [-0.3, -0.25) is 0 Å². The van der Waals surface area contributed by atoms with Crippen molar-refractivity contribution >= 4 is 27.5 Å². The van der Waals surface area contributed by atoms with Crippen LogP contribution in [0, 0.1) is 18.3 Å². The van der Waals surface area contributed by atoms with Gasteiger partial charge in [-0.2, -0.15) is 5.26 Å². The number of hydrogen-bond acceptors (Lipinski definition) is 1. The Morgan fingerprint density at radius 1 is 1.43 bits per heavy atom. The van der Waals surface area contributed by atoms with Gasteiger partial charge in [-0.05, 0) is 60.0 Å².